The molecule has 0 aliphatic rings. The number of hydrazone groups is 1. The van der Waals surface area contributed by atoms with Crippen molar-refractivity contribution in [3.63, 3.8) is 0 Å². The van der Waals surface area contributed by atoms with E-state index in [4.69, 9.17) is 11.6 Å². The topological polar surface area (TPSA) is 80.4 Å². The Hall–Kier alpha value is -1.99. The second-order valence-corrected chi connectivity index (χ2v) is 4.92. The summed E-state index contributed by atoms with van der Waals surface area (Å²) in [6, 6.07) is 4.30. The van der Waals surface area contributed by atoms with Crippen LogP contribution in [0.4, 0.5) is 10.8 Å². The van der Waals surface area contributed by atoms with Crippen molar-refractivity contribution in [3.8, 4) is 0 Å². The molecule has 0 unspecified atom stereocenters. The molecule has 0 aliphatic carbocycles. The van der Waals surface area contributed by atoms with E-state index < -0.39 is 4.92 Å². The molecule has 1 aromatic heterocycles. The lowest BCUT2D eigenvalue weighted by Crippen LogP contribution is -1.96. The first kappa shape index (κ1) is 13.4. The third-order valence-corrected chi connectivity index (χ3v) is 3.27. The molecule has 0 fully saturated rings. The number of thiazole rings is 1. The summed E-state index contributed by atoms with van der Waals surface area (Å²) in [4.78, 5) is 14.5. The summed E-state index contributed by atoms with van der Waals surface area (Å²) in [7, 11) is 0. The van der Waals surface area contributed by atoms with E-state index in [2.05, 4.69) is 15.5 Å². The molecule has 0 atom stereocenters. The maximum absolute atomic E-state index is 10.8. The van der Waals surface area contributed by atoms with Gasteiger partial charge >= 0.3 is 0 Å². The number of aryl methyl sites for hydroxylation is 1. The van der Waals surface area contributed by atoms with Crippen molar-refractivity contribution in [1.29, 1.82) is 0 Å². The molecule has 1 aromatic carbocycles. The highest BCUT2D eigenvalue weighted by atomic mass is 35.5. The smallest absolute Gasteiger partial charge is 0.258 e. The molecule has 0 bridgehead atoms. The summed E-state index contributed by atoms with van der Waals surface area (Å²) in [5.74, 6) is 0. The van der Waals surface area contributed by atoms with Crippen LogP contribution in [0.2, 0.25) is 5.02 Å². The van der Waals surface area contributed by atoms with Crippen LogP contribution in [-0.2, 0) is 0 Å². The SMILES string of the molecule is Cc1csc(NN=Cc2cc(Cl)ccc2[N+](=O)[O-])n1. The van der Waals surface area contributed by atoms with Crippen molar-refractivity contribution in [2.24, 2.45) is 5.10 Å². The number of nitrogens with zero attached hydrogens (tertiary/aromatic N) is 3. The molecular weight excluding hydrogens is 288 g/mol. The van der Waals surface area contributed by atoms with Crippen LogP contribution in [-0.4, -0.2) is 16.1 Å². The number of benzene rings is 1. The number of hydrogen-bond donors (Lipinski definition) is 1. The number of hydrogen-bond acceptors (Lipinski definition) is 6. The quantitative estimate of drug-likeness (QED) is 0.532. The molecule has 8 heteroatoms. The van der Waals surface area contributed by atoms with Gasteiger partial charge in [0.15, 0.2) is 0 Å². The van der Waals surface area contributed by atoms with Crippen molar-refractivity contribution >= 4 is 40.0 Å². The normalized spacial score (nSPS) is 10.8. The third kappa shape index (κ3) is 3.49. The van der Waals surface area contributed by atoms with Gasteiger partial charge in [-0.25, -0.2) is 4.98 Å². The lowest BCUT2D eigenvalue weighted by molar-refractivity contribution is -0.385. The number of halogens is 1. The standard InChI is InChI=1S/C11H9ClN4O2S/c1-7-6-19-11(14-7)15-13-5-8-4-9(12)2-3-10(8)16(17)18/h2-6H,1H3,(H,14,15). The van der Waals surface area contributed by atoms with Crippen molar-refractivity contribution in [2.45, 2.75) is 6.92 Å². The Morgan fingerprint density at radius 1 is 1.58 bits per heavy atom. The van der Waals surface area contributed by atoms with Gasteiger partial charge in [-0.2, -0.15) is 5.10 Å². The molecule has 19 heavy (non-hydrogen) atoms. The van der Waals surface area contributed by atoms with Gasteiger partial charge in [0.1, 0.15) is 0 Å². The van der Waals surface area contributed by atoms with Gasteiger partial charge in [-0.3, -0.25) is 15.5 Å². The van der Waals surface area contributed by atoms with Gasteiger partial charge in [0.05, 0.1) is 22.4 Å². The van der Waals surface area contributed by atoms with Crippen molar-refractivity contribution in [2.75, 3.05) is 5.43 Å². The number of nitro groups is 1. The zero-order chi connectivity index (χ0) is 13.8. The van der Waals surface area contributed by atoms with Gasteiger partial charge < -0.3 is 0 Å². The van der Waals surface area contributed by atoms with Gasteiger partial charge in [0, 0.05) is 16.5 Å². The molecule has 0 radical (unpaired) electrons. The number of rotatable bonds is 4. The number of nitrogens with one attached hydrogen (secondary N) is 1. The summed E-state index contributed by atoms with van der Waals surface area (Å²) in [6.07, 6.45) is 1.35. The van der Waals surface area contributed by atoms with Crippen LogP contribution >= 0.6 is 22.9 Å². The molecule has 2 rings (SSSR count). The highest BCUT2D eigenvalue weighted by Crippen LogP contribution is 2.21. The van der Waals surface area contributed by atoms with E-state index >= 15 is 0 Å². The van der Waals surface area contributed by atoms with Crippen LogP contribution in [0.1, 0.15) is 11.3 Å². The van der Waals surface area contributed by atoms with Gasteiger partial charge in [0.2, 0.25) is 5.13 Å². The fraction of sp³-hybridized carbons (Fsp3) is 0.0909. The fourth-order valence-electron chi connectivity index (χ4n) is 1.36. The zero-order valence-corrected chi connectivity index (χ0v) is 11.4. The van der Waals surface area contributed by atoms with Crippen LogP contribution in [0.15, 0.2) is 28.7 Å². The van der Waals surface area contributed by atoms with E-state index in [1.165, 1.54) is 35.8 Å². The molecular formula is C11H9ClN4O2S. The average Bonchev–Trinajstić information content (AvgIpc) is 2.75. The lowest BCUT2D eigenvalue weighted by atomic mass is 10.2. The van der Waals surface area contributed by atoms with Crippen molar-refractivity contribution < 1.29 is 4.92 Å². The van der Waals surface area contributed by atoms with Crippen LogP contribution in [0.3, 0.4) is 0 Å². The molecule has 6 nitrogen and oxygen atoms in total. The molecule has 98 valence electrons. The van der Waals surface area contributed by atoms with Gasteiger partial charge in [-0.05, 0) is 19.1 Å². The zero-order valence-electron chi connectivity index (χ0n) is 9.83. The highest BCUT2D eigenvalue weighted by molar-refractivity contribution is 7.13. The summed E-state index contributed by atoms with van der Waals surface area (Å²) < 4.78 is 0. The molecule has 2 aromatic rings. The van der Waals surface area contributed by atoms with Crippen LogP contribution in [0.25, 0.3) is 0 Å². The van der Waals surface area contributed by atoms with E-state index in [9.17, 15) is 10.1 Å². The summed E-state index contributed by atoms with van der Waals surface area (Å²) >= 11 is 7.21. The predicted molar refractivity (Wildman–Crippen MR) is 76.2 cm³/mol. The fourth-order valence-corrected chi connectivity index (χ4v) is 2.17. The third-order valence-electron chi connectivity index (χ3n) is 2.17. The summed E-state index contributed by atoms with van der Waals surface area (Å²) in [6.45, 7) is 1.87. The molecule has 0 saturated carbocycles. The first-order valence-electron chi connectivity index (χ1n) is 5.21. The number of nitro benzene ring substituents is 1. The Labute approximate surface area is 117 Å². The van der Waals surface area contributed by atoms with E-state index in [0.717, 1.165) is 5.69 Å². The minimum Gasteiger partial charge on any atom is -0.258 e. The van der Waals surface area contributed by atoms with Gasteiger partial charge in [0.25, 0.3) is 5.69 Å². The molecule has 1 heterocycles. The maximum Gasteiger partial charge on any atom is 0.278 e. The average molecular weight is 297 g/mol. The second-order valence-electron chi connectivity index (χ2n) is 3.62. The summed E-state index contributed by atoms with van der Waals surface area (Å²) in [5.41, 5.74) is 3.88. The Morgan fingerprint density at radius 2 is 2.37 bits per heavy atom. The molecule has 0 saturated heterocycles. The van der Waals surface area contributed by atoms with Crippen LogP contribution < -0.4 is 5.43 Å². The number of anilines is 1. The molecule has 0 amide bonds. The molecule has 0 spiro atoms. The van der Waals surface area contributed by atoms with Crippen LogP contribution in [0.5, 0.6) is 0 Å². The van der Waals surface area contributed by atoms with E-state index in [1.807, 2.05) is 12.3 Å². The second kappa shape index (κ2) is 5.77. The Kier molecular flexibility index (Phi) is 4.08. The van der Waals surface area contributed by atoms with E-state index in [1.54, 1.807) is 0 Å². The predicted octanol–water partition coefficient (Wildman–Crippen LogP) is 3.46. The lowest BCUT2D eigenvalue weighted by Gasteiger charge is -1.98. The van der Waals surface area contributed by atoms with Gasteiger partial charge in [-0.15, -0.1) is 11.3 Å². The molecule has 1 N–H and O–H groups in total. The minimum atomic E-state index is -0.481. The maximum atomic E-state index is 10.8. The largest absolute Gasteiger partial charge is 0.278 e. The first-order valence-corrected chi connectivity index (χ1v) is 6.47. The molecule has 0 aliphatic heterocycles. The van der Waals surface area contributed by atoms with Crippen molar-refractivity contribution in [3.05, 3.63) is 50.0 Å². The minimum absolute atomic E-state index is 0.0507. The Bertz CT molecular complexity index is 641. The Balaban J connectivity index is 2.18. The Morgan fingerprint density at radius 3 is 3.00 bits per heavy atom. The highest BCUT2D eigenvalue weighted by Gasteiger charge is 2.11. The summed E-state index contributed by atoms with van der Waals surface area (Å²) in [5, 5.41) is 17.7. The van der Waals surface area contributed by atoms with Crippen LogP contribution in [0, 0.1) is 17.0 Å². The van der Waals surface area contributed by atoms with Gasteiger partial charge in [-0.1, -0.05) is 11.6 Å². The monoisotopic (exact) mass is 296 g/mol. The first-order chi connectivity index (χ1) is 9.06. The number of aromatic nitrogens is 1. The van der Waals surface area contributed by atoms with E-state index in [0.29, 0.717) is 15.7 Å². The van der Waals surface area contributed by atoms with E-state index in [-0.39, 0.29) is 5.69 Å². The van der Waals surface area contributed by atoms with Crippen molar-refractivity contribution in [1.82, 2.24) is 4.98 Å².